The Morgan fingerprint density at radius 3 is 2.53 bits per heavy atom. The highest BCUT2D eigenvalue weighted by atomic mass is 19.1. The molecule has 0 bridgehead atoms. The molecule has 0 aliphatic rings. The molecule has 0 aromatic heterocycles. The third-order valence-electron chi connectivity index (χ3n) is 3.13. The van der Waals surface area contributed by atoms with Gasteiger partial charge in [0.15, 0.2) is 0 Å². The van der Waals surface area contributed by atoms with Crippen molar-refractivity contribution < 1.29 is 9.50 Å². The number of aliphatic hydroxyl groups is 1. The van der Waals surface area contributed by atoms with E-state index in [1.54, 1.807) is 18.2 Å². The van der Waals surface area contributed by atoms with Gasteiger partial charge < -0.3 is 10.8 Å². The molecule has 1 aromatic rings. The van der Waals surface area contributed by atoms with Gasteiger partial charge in [0.05, 0.1) is 6.10 Å². The molecule has 0 amide bonds. The molecule has 0 fully saturated rings. The van der Waals surface area contributed by atoms with Gasteiger partial charge in [0, 0.05) is 17.5 Å². The Hall–Kier alpha value is -0.930. The molecule has 2 nitrogen and oxygen atoms in total. The van der Waals surface area contributed by atoms with Gasteiger partial charge in [-0.3, -0.25) is 0 Å². The molecular formula is C12H18FNO. The number of hydrogen-bond donors (Lipinski definition) is 2. The molecule has 0 aliphatic heterocycles. The zero-order chi connectivity index (χ0) is 11.5. The molecule has 2 unspecified atom stereocenters. The van der Waals surface area contributed by atoms with Gasteiger partial charge in [-0.05, 0) is 12.5 Å². The second kappa shape index (κ2) is 4.73. The normalized spacial score (nSPS) is 17.1. The molecule has 2 atom stereocenters. The fourth-order valence-corrected chi connectivity index (χ4v) is 1.52. The minimum absolute atomic E-state index is 0.326. The van der Waals surface area contributed by atoms with Crippen LogP contribution in [0.4, 0.5) is 4.39 Å². The second-order valence-corrected chi connectivity index (χ2v) is 4.14. The maximum absolute atomic E-state index is 13.4. The van der Waals surface area contributed by atoms with Crippen LogP contribution in [0.25, 0.3) is 0 Å². The standard InChI is InChI=1S/C12H18FNO/c1-3-12(2,8-14)11(15)9-6-4-5-7-10(9)13/h4-7,11,15H,3,8,14H2,1-2H3. The average molecular weight is 211 g/mol. The average Bonchev–Trinajstić information content (AvgIpc) is 2.28. The number of aliphatic hydroxyl groups excluding tert-OH is 1. The van der Waals surface area contributed by atoms with E-state index >= 15 is 0 Å². The van der Waals surface area contributed by atoms with Crippen LogP contribution in [0.1, 0.15) is 31.9 Å². The number of rotatable bonds is 4. The third kappa shape index (κ3) is 2.36. The van der Waals surface area contributed by atoms with Crippen LogP contribution in [0.15, 0.2) is 24.3 Å². The van der Waals surface area contributed by atoms with E-state index in [0.717, 1.165) is 0 Å². The van der Waals surface area contributed by atoms with E-state index in [4.69, 9.17) is 5.73 Å². The minimum Gasteiger partial charge on any atom is -0.388 e. The van der Waals surface area contributed by atoms with Gasteiger partial charge in [-0.15, -0.1) is 0 Å². The summed E-state index contributed by atoms with van der Waals surface area (Å²) in [5.41, 5.74) is 5.48. The van der Waals surface area contributed by atoms with Gasteiger partial charge in [0.1, 0.15) is 5.82 Å². The van der Waals surface area contributed by atoms with Gasteiger partial charge in [-0.2, -0.15) is 0 Å². The molecule has 1 aromatic carbocycles. The molecule has 0 spiro atoms. The third-order valence-corrected chi connectivity index (χ3v) is 3.13. The Morgan fingerprint density at radius 2 is 2.07 bits per heavy atom. The molecule has 15 heavy (non-hydrogen) atoms. The molecule has 0 saturated heterocycles. The molecule has 3 heteroatoms. The summed E-state index contributed by atoms with van der Waals surface area (Å²) < 4.78 is 13.4. The van der Waals surface area contributed by atoms with Crippen LogP contribution in [0.3, 0.4) is 0 Å². The molecule has 1 rings (SSSR count). The van der Waals surface area contributed by atoms with Crippen molar-refractivity contribution in [2.24, 2.45) is 11.1 Å². The highest BCUT2D eigenvalue weighted by molar-refractivity contribution is 5.21. The number of halogens is 1. The molecule has 0 saturated carbocycles. The summed E-state index contributed by atoms with van der Waals surface area (Å²) in [6, 6.07) is 6.28. The van der Waals surface area contributed by atoms with Crippen molar-refractivity contribution >= 4 is 0 Å². The lowest BCUT2D eigenvalue weighted by Gasteiger charge is -2.32. The van der Waals surface area contributed by atoms with Crippen molar-refractivity contribution in [3.05, 3.63) is 35.6 Å². The fraction of sp³-hybridized carbons (Fsp3) is 0.500. The van der Waals surface area contributed by atoms with Crippen LogP contribution >= 0.6 is 0 Å². The van der Waals surface area contributed by atoms with E-state index in [1.165, 1.54) is 6.07 Å². The molecule has 0 radical (unpaired) electrons. The quantitative estimate of drug-likeness (QED) is 0.802. The maximum Gasteiger partial charge on any atom is 0.129 e. The van der Waals surface area contributed by atoms with Gasteiger partial charge in [0.25, 0.3) is 0 Å². The van der Waals surface area contributed by atoms with Crippen molar-refractivity contribution in [1.82, 2.24) is 0 Å². The summed E-state index contributed by atoms with van der Waals surface area (Å²) in [5.74, 6) is -0.377. The Labute approximate surface area is 89.9 Å². The summed E-state index contributed by atoms with van der Waals surface area (Å²) >= 11 is 0. The fourth-order valence-electron chi connectivity index (χ4n) is 1.52. The second-order valence-electron chi connectivity index (χ2n) is 4.14. The first-order chi connectivity index (χ1) is 7.05. The van der Waals surface area contributed by atoms with Gasteiger partial charge in [-0.1, -0.05) is 32.0 Å². The number of nitrogens with two attached hydrogens (primary N) is 1. The summed E-state index contributed by atoms with van der Waals surface area (Å²) in [6.45, 7) is 4.14. The zero-order valence-electron chi connectivity index (χ0n) is 9.20. The maximum atomic E-state index is 13.4. The van der Waals surface area contributed by atoms with Crippen molar-refractivity contribution in [3.8, 4) is 0 Å². The highest BCUT2D eigenvalue weighted by Crippen LogP contribution is 2.36. The highest BCUT2D eigenvalue weighted by Gasteiger charge is 2.32. The predicted octanol–water partition coefficient (Wildman–Crippen LogP) is 2.23. The summed E-state index contributed by atoms with van der Waals surface area (Å²) in [7, 11) is 0. The molecule has 84 valence electrons. The van der Waals surface area contributed by atoms with Gasteiger partial charge in [-0.25, -0.2) is 4.39 Å². The van der Waals surface area contributed by atoms with E-state index in [2.05, 4.69) is 0 Å². The van der Waals surface area contributed by atoms with E-state index in [1.807, 2.05) is 13.8 Å². The largest absolute Gasteiger partial charge is 0.388 e. The molecule has 3 N–H and O–H groups in total. The first kappa shape index (κ1) is 12.1. The van der Waals surface area contributed by atoms with Gasteiger partial charge >= 0.3 is 0 Å². The number of benzene rings is 1. The van der Waals surface area contributed by atoms with Crippen LogP contribution in [0, 0.1) is 11.2 Å². The minimum atomic E-state index is -0.853. The van der Waals surface area contributed by atoms with Crippen LogP contribution in [0.2, 0.25) is 0 Å². The van der Waals surface area contributed by atoms with Crippen molar-refractivity contribution in [1.29, 1.82) is 0 Å². The predicted molar refractivity (Wildman–Crippen MR) is 58.8 cm³/mol. The SMILES string of the molecule is CCC(C)(CN)C(O)c1ccccc1F. The first-order valence-corrected chi connectivity index (χ1v) is 5.17. The summed E-state index contributed by atoms with van der Waals surface area (Å²) in [5, 5.41) is 10.1. The number of hydrogen-bond acceptors (Lipinski definition) is 2. The summed E-state index contributed by atoms with van der Waals surface area (Å²) in [4.78, 5) is 0. The van der Waals surface area contributed by atoms with Crippen LogP contribution in [-0.2, 0) is 0 Å². The molecular weight excluding hydrogens is 193 g/mol. The lowest BCUT2D eigenvalue weighted by Crippen LogP contribution is -2.33. The van der Waals surface area contributed by atoms with E-state index in [0.29, 0.717) is 18.5 Å². The Balaban J connectivity index is 3.03. The Morgan fingerprint density at radius 1 is 1.47 bits per heavy atom. The van der Waals surface area contributed by atoms with E-state index < -0.39 is 11.5 Å². The zero-order valence-corrected chi connectivity index (χ0v) is 9.20. The van der Waals surface area contributed by atoms with E-state index in [9.17, 15) is 9.50 Å². The van der Waals surface area contributed by atoms with Crippen molar-refractivity contribution in [2.75, 3.05) is 6.54 Å². The first-order valence-electron chi connectivity index (χ1n) is 5.17. The van der Waals surface area contributed by atoms with Crippen molar-refractivity contribution in [3.63, 3.8) is 0 Å². The molecule has 0 aliphatic carbocycles. The Kier molecular flexibility index (Phi) is 3.83. The van der Waals surface area contributed by atoms with Crippen molar-refractivity contribution in [2.45, 2.75) is 26.4 Å². The Bertz CT molecular complexity index is 323. The molecule has 0 heterocycles. The topological polar surface area (TPSA) is 46.2 Å². The summed E-state index contributed by atoms with van der Waals surface area (Å²) in [6.07, 6.45) is -0.146. The lowest BCUT2D eigenvalue weighted by molar-refractivity contribution is 0.0363. The monoisotopic (exact) mass is 211 g/mol. The van der Waals surface area contributed by atoms with Gasteiger partial charge in [0.2, 0.25) is 0 Å². The van der Waals surface area contributed by atoms with E-state index in [-0.39, 0.29) is 5.82 Å². The lowest BCUT2D eigenvalue weighted by atomic mass is 9.78. The van der Waals surface area contributed by atoms with Crippen LogP contribution in [0.5, 0.6) is 0 Å². The van der Waals surface area contributed by atoms with Crippen LogP contribution < -0.4 is 5.73 Å². The smallest absolute Gasteiger partial charge is 0.129 e. The van der Waals surface area contributed by atoms with Crippen LogP contribution in [-0.4, -0.2) is 11.7 Å².